The van der Waals surface area contributed by atoms with Gasteiger partial charge in [-0.05, 0) is 17.0 Å². The van der Waals surface area contributed by atoms with Gasteiger partial charge < -0.3 is 0 Å². The predicted molar refractivity (Wildman–Crippen MR) is 81.3 cm³/mol. The first-order valence-corrected chi connectivity index (χ1v) is 6.82. The molecule has 0 aliphatic rings. The van der Waals surface area contributed by atoms with Crippen LogP contribution in [-0.2, 0) is 7.05 Å². The highest BCUT2D eigenvalue weighted by Crippen LogP contribution is 2.32. The van der Waals surface area contributed by atoms with E-state index in [1.54, 1.807) is 36.1 Å². The molecule has 3 aromatic rings. The fraction of sp³-hybridized carbons (Fsp3) is 0.133. The minimum atomic E-state index is -0.379. The summed E-state index contributed by atoms with van der Waals surface area (Å²) < 4.78 is 15.6. The zero-order valence-electron chi connectivity index (χ0n) is 11.3. The molecule has 1 heterocycles. The van der Waals surface area contributed by atoms with Crippen LogP contribution in [0.1, 0.15) is 17.3 Å². The van der Waals surface area contributed by atoms with Crippen LogP contribution in [0.5, 0.6) is 0 Å². The van der Waals surface area contributed by atoms with Crippen molar-refractivity contribution in [1.29, 1.82) is 0 Å². The molecule has 0 bridgehead atoms. The van der Waals surface area contributed by atoms with Gasteiger partial charge in [-0.15, -0.1) is 0 Å². The van der Waals surface area contributed by atoms with Crippen molar-refractivity contribution in [2.45, 2.75) is 6.04 Å². The van der Waals surface area contributed by atoms with Crippen molar-refractivity contribution in [2.75, 3.05) is 0 Å². The normalized spacial score (nSPS) is 12.8. The van der Waals surface area contributed by atoms with E-state index in [0.29, 0.717) is 10.4 Å². The van der Waals surface area contributed by atoms with Crippen LogP contribution in [0.4, 0.5) is 4.39 Å². The third-order valence-electron chi connectivity index (χ3n) is 3.59. The van der Waals surface area contributed by atoms with Gasteiger partial charge in [0.2, 0.25) is 0 Å². The summed E-state index contributed by atoms with van der Waals surface area (Å²) in [6.07, 6.45) is 1.56. The molecule has 0 fully saturated rings. The molecule has 0 saturated heterocycles. The minimum Gasteiger partial charge on any atom is -0.271 e. The first-order valence-electron chi connectivity index (χ1n) is 6.44. The molecule has 0 aliphatic heterocycles. The maximum Gasteiger partial charge on any atom is 0.131 e. The van der Waals surface area contributed by atoms with Crippen LogP contribution in [0.3, 0.4) is 0 Å². The Morgan fingerprint density at radius 1 is 1.24 bits per heavy atom. The Balaban J connectivity index is 2.25. The van der Waals surface area contributed by atoms with Gasteiger partial charge in [0.25, 0.3) is 0 Å². The number of hydrogen-bond donors (Lipinski definition) is 2. The average Bonchev–Trinajstić information content (AvgIpc) is 2.83. The van der Waals surface area contributed by atoms with E-state index in [4.69, 9.17) is 17.4 Å². The molecular formula is C15H14ClFN4. The second-order valence-corrected chi connectivity index (χ2v) is 5.19. The fourth-order valence-corrected chi connectivity index (χ4v) is 2.87. The number of halogens is 2. The Morgan fingerprint density at radius 3 is 2.57 bits per heavy atom. The summed E-state index contributed by atoms with van der Waals surface area (Å²) in [5, 5.41) is 5.97. The van der Waals surface area contributed by atoms with Gasteiger partial charge in [0, 0.05) is 12.4 Å². The first kappa shape index (κ1) is 14.0. The smallest absolute Gasteiger partial charge is 0.131 e. The first-order chi connectivity index (χ1) is 10.1. The number of nitrogens with zero attached hydrogens (tertiary/aromatic N) is 2. The molecule has 1 unspecified atom stereocenters. The summed E-state index contributed by atoms with van der Waals surface area (Å²) in [5.74, 6) is 5.46. The van der Waals surface area contributed by atoms with Crippen molar-refractivity contribution in [1.82, 2.24) is 15.2 Å². The Morgan fingerprint density at radius 2 is 1.95 bits per heavy atom. The van der Waals surface area contributed by atoms with Gasteiger partial charge >= 0.3 is 0 Å². The highest BCUT2D eigenvalue weighted by molar-refractivity contribution is 6.31. The SMILES string of the molecule is Cn1ncc(Cl)c1C(NN)c1ccc(F)c2ccccc12. The lowest BCUT2D eigenvalue weighted by atomic mass is 9.96. The predicted octanol–water partition coefficient (Wildman–Crippen LogP) is 2.92. The second kappa shape index (κ2) is 5.44. The van der Waals surface area contributed by atoms with E-state index < -0.39 is 0 Å². The number of aromatic nitrogens is 2. The van der Waals surface area contributed by atoms with Gasteiger partial charge in [0.1, 0.15) is 5.82 Å². The standard InChI is InChI=1S/C15H14ClFN4/c1-21-15(12(16)8-19-21)14(20-18)11-6-7-13(17)10-5-3-2-4-9(10)11/h2-8,14,20H,18H2,1H3. The molecule has 6 heteroatoms. The van der Waals surface area contributed by atoms with Crippen LogP contribution in [0.15, 0.2) is 42.6 Å². The number of nitrogens with two attached hydrogens (primary N) is 1. The number of benzene rings is 2. The number of aryl methyl sites for hydroxylation is 1. The van der Waals surface area contributed by atoms with Crippen LogP contribution in [0.25, 0.3) is 10.8 Å². The third kappa shape index (κ3) is 2.29. The van der Waals surface area contributed by atoms with Crippen LogP contribution >= 0.6 is 11.6 Å². The lowest BCUT2D eigenvalue weighted by molar-refractivity contribution is 0.576. The lowest BCUT2D eigenvalue weighted by Crippen LogP contribution is -2.30. The van der Waals surface area contributed by atoms with Crippen molar-refractivity contribution in [3.05, 3.63) is 64.7 Å². The molecule has 3 N–H and O–H groups in total. The topological polar surface area (TPSA) is 55.9 Å². The number of rotatable bonds is 3. The number of nitrogens with one attached hydrogen (secondary N) is 1. The van der Waals surface area contributed by atoms with Crippen molar-refractivity contribution in [2.24, 2.45) is 12.9 Å². The molecule has 0 aliphatic carbocycles. The molecule has 1 aromatic heterocycles. The molecule has 0 saturated carbocycles. The Labute approximate surface area is 126 Å². The van der Waals surface area contributed by atoms with Gasteiger partial charge in [-0.25, -0.2) is 9.82 Å². The van der Waals surface area contributed by atoms with Crippen molar-refractivity contribution in [3.8, 4) is 0 Å². The molecule has 0 amide bonds. The fourth-order valence-electron chi connectivity index (χ4n) is 2.60. The molecule has 108 valence electrons. The third-order valence-corrected chi connectivity index (χ3v) is 3.88. The monoisotopic (exact) mass is 304 g/mol. The van der Waals surface area contributed by atoms with Gasteiger partial charge in [-0.3, -0.25) is 10.5 Å². The highest BCUT2D eigenvalue weighted by Gasteiger charge is 2.22. The quantitative estimate of drug-likeness (QED) is 0.578. The van der Waals surface area contributed by atoms with Crippen molar-refractivity contribution < 1.29 is 4.39 Å². The summed E-state index contributed by atoms with van der Waals surface area (Å²) in [7, 11) is 1.79. The summed E-state index contributed by atoms with van der Waals surface area (Å²) in [4.78, 5) is 0. The maximum atomic E-state index is 13.9. The molecule has 0 radical (unpaired) electrons. The zero-order chi connectivity index (χ0) is 15.0. The number of hydrogen-bond acceptors (Lipinski definition) is 3. The molecule has 3 rings (SSSR count). The lowest BCUT2D eigenvalue weighted by Gasteiger charge is -2.19. The maximum absolute atomic E-state index is 13.9. The molecule has 4 nitrogen and oxygen atoms in total. The van der Waals surface area contributed by atoms with E-state index in [1.165, 1.54) is 6.07 Å². The van der Waals surface area contributed by atoms with Crippen molar-refractivity contribution >= 4 is 22.4 Å². The van der Waals surface area contributed by atoms with Crippen molar-refractivity contribution in [3.63, 3.8) is 0 Å². The number of hydrazine groups is 1. The van der Waals surface area contributed by atoms with Crippen LogP contribution in [-0.4, -0.2) is 9.78 Å². The average molecular weight is 305 g/mol. The van der Waals surface area contributed by atoms with Crippen LogP contribution in [0.2, 0.25) is 5.02 Å². The zero-order valence-corrected chi connectivity index (χ0v) is 12.1. The van der Waals surface area contributed by atoms with Gasteiger partial charge in [0.05, 0.1) is 23.0 Å². The molecule has 21 heavy (non-hydrogen) atoms. The summed E-state index contributed by atoms with van der Waals surface area (Å²) >= 11 is 6.20. The van der Waals surface area contributed by atoms with Gasteiger partial charge in [0.15, 0.2) is 0 Å². The largest absolute Gasteiger partial charge is 0.271 e. The van der Waals surface area contributed by atoms with E-state index in [-0.39, 0.29) is 11.9 Å². The van der Waals surface area contributed by atoms with Gasteiger partial charge in [-0.1, -0.05) is 41.9 Å². The van der Waals surface area contributed by atoms with E-state index in [0.717, 1.165) is 16.6 Å². The number of fused-ring (bicyclic) bond motifs is 1. The van der Waals surface area contributed by atoms with Gasteiger partial charge in [-0.2, -0.15) is 5.10 Å². The second-order valence-electron chi connectivity index (χ2n) is 4.78. The molecule has 0 spiro atoms. The Bertz CT molecular complexity index is 780. The molecular weight excluding hydrogens is 291 g/mol. The van der Waals surface area contributed by atoms with Crippen LogP contribution < -0.4 is 11.3 Å². The summed E-state index contributed by atoms with van der Waals surface area (Å²) in [5.41, 5.74) is 4.33. The van der Waals surface area contributed by atoms with Crippen LogP contribution in [0, 0.1) is 5.82 Å². The Kier molecular flexibility index (Phi) is 3.63. The van der Waals surface area contributed by atoms with E-state index in [1.807, 2.05) is 12.1 Å². The van der Waals surface area contributed by atoms with E-state index in [2.05, 4.69) is 10.5 Å². The Hall–Kier alpha value is -1.95. The molecule has 1 atom stereocenters. The summed E-state index contributed by atoms with van der Waals surface area (Å²) in [6, 6.07) is 10.0. The highest BCUT2D eigenvalue weighted by atomic mass is 35.5. The summed E-state index contributed by atoms with van der Waals surface area (Å²) in [6.45, 7) is 0. The molecule has 2 aromatic carbocycles. The van der Waals surface area contributed by atoms with E-state index >= 15 is 0 Å². The minimum absolute atomic E-state index is 0.263. The van der Waals surface area contributed by atoms with E-state index in [9.17, 15) is 4.39 Å².